The normalized spacial score (nSPS) is 12.0. The van der Waals surface area contributed by atoms with E-state index in [0.717, 1.165) is 5.56 Å². The molecule has 0 bridgehead atoms. The first kappa shape index (κ1) is 22.0. The standard InChI is InChI=1S/C23H21ClFNO3S/c1-17-5-11-22(12-6-17)30(27,28)14-13-23(19-7-9-20(24)10-8-19)26-29-16-18-3-2-4-21(25)15-18/h2-12,15H,13-14,16H2,1H3. The van der Waals surface area contributed by atoms with Crippen molar-refractivity contribution in [2.24, 2.45) is 5.16 Å². The van der Waals surface area contributed by atoms with Crippen LogP contribution < -0.4 is 0 Å². The number of oxime groups is 1. The maximum absolute atomic E-state index is 13.3. The summed E-state index contributed by atoms with van der Waals surface area (Å²) in [5.41, 5.74) is 2.79. The Balaban J connectivity index is 1.77. The zero-order valence-corrected chi connectivity index (χ0v) is 18.0. The average molecular weight is 446 g/mol. The van der Waals surface area contributed by atoms with Crippen LogP contribution in [0.5, 0.6) is 0 Å². The van der Waals surface area contributed by atoms with Crippen LogP contribution in [0.2, 0.25) is 5.02 Å². The van der Waals surface area contributed by atoms with Gasteiger partial charge < -0.3 is 4.84 Å². The molecule has 30 heavy (non-hydrogen) atoms. The van der Waals surface area contributed by atoms with E-state index in [4.69, 9.17) is 16.4 Å². The smallest absolute Gasteiger partial charge is 0.178 e. The molecule has 0 fully saturated rings. The van der Waals surface area contributed by atoms with E-state index >= 15 is 0 Å². The van der Waals surface area contributed by atoms with Gasteiger partial charge in [-0.2, -0.15) is 0 Å². The van der Waals surface area contributed by atoms with E-state index in [0.29, 0.717) is 21.9 Å². The summed E-state index contributed by atoms with van der Waals surface area (Å²) in [6, 6.07) is 19.7. The molecule has 0 aliphatic carbocycles. The lowest BCUT2D eigenvalue weighted by atomic mass is 10.1. The lowest BCUT2D eigenvalue weighted by Gasteiger charge is -2.09. The molecule has 0 heterocycles. The van der Waals surface area contributed by atoms with Gasteiger partial charge in [-0.1, -0.05) is 58.7 Å². The van der Waals surface area contributed by atoms with Gasteiger partial charge in [-0.15, -0.1) is 0 Å². The largest absolute Gasteiger partial charge is 0.391 e. The molecule has 4 nitrogen and oxygen atoms in total. The second-order valence-electron chi connectivity index (χ2n) is 6.83. The highest BCUT2D eigenvalue weighted by atomic mass is 35.5. The zero-order valence-electron chi connectivity index (χ0n) is 16.4. The van der Waals surface area contributed by atoms with Crippen LogP contribution in [0.1, 0.15) is 23.1 Å². The number of nitrogens with zero attached hydrogens (tertiary/aromatic N) is 1. The fourth-order valence-corrected chi connectivity index (χ4v) is 4.17. The zero-order chi connectivity index (χ0) is 21.6. The Labute approximate surface area is 180 Å². The number of rotatable bonds is 8. The first-order valence-electron chi connectivity index (χ1n) is 9.32. The number of aryl methyl sites for hydroxylation is 1. The maximum Gasteiger partial charge on any atom is 0.178 e. The average Bonchev–Trinajstić information content (AvgIpc) is 2.72. The molecule has 156 valence electrons. The first-order chi connectivity index (χ1) is 14.3. The molecule has 0 saturated heterocycles. The van der Waals surface area contributed by atoms with E-state index in [9.17, 15) is 12.8 Å². The van der Waals surface area contributed by atoms with Crippen molar-refractivity contribution < 1.29 is 17.6 Å². The third-order valence-corrected chi connectivity index (χ3v) is 6.44. The third kappa shape index (κ3) is 6.15. The lowest BCUT2D eigenvalue weighted by Crippen LogP contribution is -2.13. The fraction of sp³-hybridized carbons (Fsp3) is 0.174. The summed E-state index contributed by atoms with van der Waals surface area (Å²) in [6.45, 7) is 1.97. The van der Waals surface area contributed by atoms with Crippen molar-refractivity contribution in [1.82, 2.24) is 0 Å². The van der Waals surface area contributed by atoms with Gasteiger partial charge in [0, 0.05) is 11.4 Å². The molecule has 3 aromatic rings. The molecule has 3 rings (SSSR count). The van der Waals surface area contributed by atoms with E-state index < -0.39 is 9.84 Å². The van der Waals surface area contributed by atoms with Gasteiger partial charge in [-0.05, 0) is 54.4 Å². The van der Waals surface area contributed by atoms with E-state index in [2.05, 4.69) is 5.16 Å². The maximum atomic E-state index is 13.3. The second kappa shape index (κ2) is 9.87. The van der Waals surface area contributed by atoms with Crippen molar-refractivity contribution in [3.05, 3.63) is 100 Å². The molecule has 0 amide bonds. The van der Waals surface area contributed by atoms with Crippen LogP contribution in [0.15, 0.2) is 82.8 Å². The molecule has 0 aliphatic rings. The highest BCUT2D eigenvalue weighted by Crippen LogP contribution is 2.17. The Kier molecular flexibility index (Phi) is 7.24. The summed E-state index contributed by atoms with van der Waals surface area (Å²) >= 11 is 5.96. The second-order valence-corrected chi connectivity index (χ2v) is 9.38. The highest BCUT2D eigenvalue weighted by Gasteiger charge is 2.17. The molecule has 0 radical (unpaired) electrons. The Morgan fingerprint density at radius 1 is 1.03 bits per heavy atom. The summed E-state index contributed by atoms with van der Waals surface area (Å²) in [5.74, 6) is -0.483. The number of hydrogen-bond donors (Lipinski definition) is 0. The van der Waals surface area contributed by atoms with Crippen molar-refractivity contribution in [3.8, 4) is 0 Å². The van der Waals surface area contributed by atoms with Crippen molar-refractivity contribution in [1.29, 1.82) is 0 Å². The molecule has 0 aliphatic heterocycles. The van der Waals surface area contributed by atoms with Crippen LogP contribution in [0.4, 0.5) is 4.39 Å². The van der Waals surface area contributed by atoms with E-state index in [1.165, 1.54) is 12.1 Å². The van der Waals surface area contributed by atoms with E-state index in [1.54, 1.807) is 60.7 Å². The minimum atomic E-state index is -3.48. The molecule has 0 atom stereocenters. The van der Waals surface area contributed by atoms with Gasteiger partial charge in [0.1, 0.15) is 12.4 Å². The monoisotopic (exact) mass is 445 g/mol. The first-order valence-corrected chi connectivity index (χ1v) is 11.4. The van der Waals surface area contributed by atoms with Crippen LogP contribution in [0.3, 0.4) is 0 Å². The molecule has 0 saturated carbocycles. The minimum absolute atomic E-state index is 0.0690. The van der Waals surface area contributed by atoms with Gasteiger partial charge >= 0.3 is 0 Å². The van der Waals surface area contributed by atoms with E-state index in [1.807, 2.05) is 6.92 Å². The Bertz CT molecular complexity index is 1130. The number of benzene rings is 3. The molecular weight excluding hydrogens is 425 g/mol. The van der Waals surface area contributed by atoms with Crippen LogP contribution in [0, 0.1) is 12.7 Å². The van der Waals surface area contributed by atoms with E-state index in [-0.39, 0.29) is 29.5 Å². The molecule has 0 spiro atoms. The fourth-order valence-electron chi connectivity index (χ4n) is 2.79. The van der Waals surface area contributed by atoms with Gasteiger partial charge in [-0.3, -0.25) is 0 Å². The molecule has 7 heteroatoms. The predicted molar refractivity (Wildman–Crippen MR) is 117 cm³/mol. The Hall–Kier alpha value is -2.70. The third-order valence-electron chi connectivity index (χ3n) is 4.46. The topological polar surface area (TPSA) is 55.7 Å². The SMILES string of the molecule is Cc1ccc(S(=O)(=O)CCC(=NOCc2cccc(F)c2)c2ccc(Cl)cc2)cc1. The van der Waals surface area contributed by atoms with Crippen LogP contribution in [-0.2, 0) is 21.3 Å². The van der Waals surface area contributed by atoms with Crippen LogP contribution >= 0.6 is 11.6 Å². The van der Waals surface area contributed by atoms with Crippen molar-refractivity contribution in [3.63, 3.8) is 0 Å². The van der Waals surface area contributed by atoms with Gasteiger partial charge in [0.05, 0.1) is 16.4 Å². The summed E-state index contributed by atoms with van der Waals surface area (Å²) in [4.78, 5) is 5.67. The Morgan fingerprint density at radius 3 is 2.40 bits per heavy atom. The van der Waals surface area contributed by atoms with Crippen molar-refractivity contribution in [2.75, 3.05) is 5.75 Å². The van der Waals surface area contributed by atoms with Crippen molar-refractivity contribution >= 4 is 27.1 Å². The molecule has 0 unspecified atom stereocenters. The molecular formula is C23H21ClFNO3S. The summed E-state index contributed by atoms with van der Waals surface area (Å²) < 4.78 is 38.7. The predicted octanol–water partition coefficient (Wildman–Crippen LogP) is 5.57. The van der Waals surface area contributed by atoms with Crippen molar-refractivity contribution in [2.45, 2.75) is 24.8 Å². The number of halogens is 2. The molecule has 0 aromatic heterocycles. The number of sulfone groups is 1. The summed E-state index contributed by atoms with van der Waals surface area (Å²) in [5, 5.41) is 4.71. The minimum Gasteiger partial charge on any atom is -0.391 e. The quantitative estimate of drug-likeness (QED) is 0.336. The van der Waals surface area contributed by atoms with Crippen LogP contribution in [-0.4, -0.2) is 19.9 Å². The summed E-state index contributed by atoms with van der Waals surface area (Å²) in [7, 11) is -3.48. The van der Waals surface area contributed by atoms with Gasteiger partial charge in [0.15, 0.2) is 9.84 Å². The number of hydrogen-bond acceptors (Lipinski definition) is 4. The molecule has 0 N–H and O–H groups in total. The molecule has 3 aromatic carbocycles. The lowest BCUT2D eigenvalue weighted by molar-refractivity contribution is 0.130. The Morgan fingerprint density at radius 2 is 1.73 bits per heavy atom. The highest BCUT2D eigenvalue weighted by molar-refractivity contribution is 7.91. The van der Waals surface area contributed by atoms with Gasteiger partial charge in [-0.25, -0.2) is 12.8 Å². The summed E-state index contributed by atoms with van der Waals surface area (Å²) in [6.07, 6.45) is 0.154. The van der Waals surface area contributed by atoms with Gasteiger partial charge in [0.2, 0.25) is 0 Å². The van der Waals surface area contributed by atoms with Gasteiger partial charge in [0.25, 0.3) is 0 Å². The van der Waals surface area contributed by atoms with Crippen LogP contribution in [0.25, 0.3) is 0 Å².